The molecular weight excluding hydrogens is 214 g/mol. The summed E-state index contributed by atoms with van der Waals surface area (Å²) in [5, 5.41) is 3.17. The number of rotatable bonds is 3. The molecule has 2 aromatic rings. The zero-order chi connectivity index (χ0) is 12.6. The van der Waals surface area contributed by atoms with Crippen molar-refractivity contribution >= 4 is 11.0 Å². The maximum atomic E-state index is 11.8. The summed E-state index contributed by atoms with van der Waals surface area (Å²) in [5.74, 6) is 0.444. The van der Waals surface area contributed by atoms with Crippen molar-refractivity contribution in [1.29, 1.82) is 0 Å². The molecule has 0 saturated carbocycles. The smallest absolute Gasteiger partial charge is 0.319 e. The molecule has 4 heteroatoms. The molecule has 1 atom stereocenters. The molecule has 0 aliphatic rings. The van der Waals surface area contributed by atoms with Crippen molar-refractivity contribution < 1.29 is 0 Å². The van der Waals surface area contributed by atoms with Gasteiger partial charge in [0.05, 0.1) is 11.0 Å². The summed E-state index contributed by atoms with van der Waals surface area (Å²) in [6.07, 6.45) is 0. The van der Waals surface area contributed by atoms with Crippen molar-refractivity contribution in [1.82, 2.24) is 14.5 Å². The summed E-state index contributed by atoms with van der Waals surface area (Å²) in [4.78, 5) is 11.8. The summed E-state index contributed by atoms with van der Waals surface area (Å²) < 4.78 is 3.38. The van der Waals surface area contributed by atoms with Crippen LogP contribution < -0.4 is 11.0 Å². The van der Waals surface area contributed by atoms with Gasteiger partial charge in [-0.05, 0) is 30.7 Å². The minimum Gasteiger partial charge on any atom is -0.319 e. The first-order valence-corrected chi connectivity index (χ1v) is 5.86. The number of aryl methyl sites for hydroxylation is 2. The Balaban J connectivity index is 2.58. The van der Waals surface area contributed by atoms with E-state index in [1.165, 1.54) is 5.56 Å². The number of hydrogen-bond donors (Lipinski definition) is 1. The van der Waals surface area contributed by atoms with Gasteiger partial charge in [-0.15, -0.1) is 0 Å². The van der Waals surface area contributed by atoms with Gasteiger partial charge in [-0.2, -0.15) is 0 Å². The van der Waals surface area contributed by atoms with Gasteiger partial charge < -0.3 is 5.32 Å². The molecule has 0 radical (unpaired) electrons. The molecule has 0 bridgehead atoms. The Kier molecular flexibility index (Phi) is 3.07. The monoisotopic (exact) mass is 233 g/mol. The van der Waals surface area contributed by atoms with E-state index < -0.39 is 0 Å². The molecule has 4 nitrogen and oxygen atoms in total. The number of hydrogen-bond acceptors (Lipinski definition) is 2. The molecule has 1 N–H and O–H groups in total. The highest BCUT2D eigenvalue weighted by atomic mass is 16.1. The Morgan fingerprint density at radius 1 is 1.24 bits per heavy atom. The van der Waals surface area contributed by atoms with Crippen LogP contribution in [0.5, 0.6) is 0 Å². The van der Waals surface area contributed by atoms with Crippen molar-refractivity contribution in [2.45, 2.75) is 12.8 Å². The fourth-order valence-electron chi connectivity index (χ4n) is 2.25. The second-order valence-corrected chi connectivity index (χ2v) is 4.61. The normalized spacial score (nSPS) is 13.2. The van der Waals surface area contributed by atoms with Crippen LogP contribution in [-0.2, 0) is 14.1 Å². The van der Waals surface area contributed by atoms with E-state index in [4.69, 9.17) is 0 Å². The van der Waals surface area contributed by atoms with Gasteiger partial charge >= 0.3 is 5.69 Å². The van der Waals surface area contributed by atoms with Crippen molar-refractivity contribution in [2.24, 2.45) is 14.1 Å². The maximum absolute atomic E-state index is 11.8. The number of imidazole rings is 1. The van der Waals surface area contributed by atoms with Crippen LogP contribution in [-0.4, -0.2) is 22.7 Å². The van der Waals surface area contributed by atoms with Crippen LogP contribution in [0.2, 0.25) is 0 Å². The van der Waals surface area contributed by atoms with Crippen LogP contribution in [0.4, 0.5) is 0 Å². The molecule has 0 amide bonds. The van der Waals surface area contributed by atoms with E-state index in [1.54, 1.807) is 16.2 Å². The Morgan fingerprint density at radius 2 is 1.88 bits per heavy atom. The van der Waals surface area contributed by atoms with E-state index in [0.29, 0.717) is 5.92 Å². The van der Waals surface area contributed by atoms with E-state index in [2.05, 4.69) is 24.4 Å². The summed E-state index contributed by atoms with van der Waals surface area (Å²) >= 11 is 0. The average molecular weight is 233 g/mol. The SMILES string of the molecule is CNCC(C)c1ccc2c(c1)n(C)c(=O)n2C. The molecule has 1 aromatic heterocycles. The average Bonchev–Trinajstić information content (AvgIpc) is 2.55. The van der Waals surface area contributed by atoms with Crippen LogP contribution in [0.25, 0.3) is 11.0 Å². The van der Waals surface area contributed by atoms with Gasteiger partial charge in [-0.25, -0.2) is 4.79 Å². The van der Waals surface area contributed by atoms with Crippen LogP contribution >= 0.6 is 0 Å². The molecule has 1 aromatic carbocycles. The Morgan fingerprint density at radius 3 is 2.53 bits per heavy atom. The van der Waals surface area contributed by atoms with E-state index >= 15 is 0 Å². The largest absolute Gasteiger partial charge is 0.328 e. The van der Waals surface area contributed by atoms with Crippen molar-refractivity contribution in [3.63, 3.8) is 0 Å². The van der Waals surface area contributed by atoms with Crippen LogP contribution in [0.15, 0.2) is 23.0 Å². The number of aromatic nitrogens is 2. The predicted molar refractivity (Wildman–Crippen MR) is 70.5 cm³/mol. The Hall–Kier alpha value is -1.55. The number of nitrogens with zero attached hydrogens (tertiary/aromatic N) is 2. The number of likely N-dealkylation sites (N-methyl/N-ethyl adjacent to an activating group) is 1. The highest BCUT2D eigenvalue weighted by Crippen LogP contribution is 2.20. The van der Waals surface area contributed by atoms with Crippen molar-refractivity contribution in [2.75, 3.05) is 13.6 Å². The lowest BCUT2D eigenvalue weighted by atomic mass is 10.0. The van der Waals surface area contributed by atoms with Crippen LogP contribution in [0, 0.1) is 0 Å². The number of nitrogens with one attached hydrogen (secondary N) is 1. The van der Waals surface area contributed by atoms with Gasteiger partial charge in [-0.1, -0.05) is 13.0 Å². The minimum absolute atomic E-state index is 0.0263. The van der Waals surface area contributed by atoms with Gasteiger partial charge in [0.1, 0.15) is 0 Å². The summed E-state index contributed by atoms with van der Waals surface area (Å²) in [7, 11) is 5.58. The molecule has 0 fully saturated rings. The second-order valence-electron chi connectivity index (χ2n) is 4.61. The van der Waals surface area contributed by atoms with Crippen LogP contribution in [0.1, 0.15) is 18.4 Å². The lowest BCUT2D eigenvalue weighted by molar-refractivity contribution is 0.678. The molecule has 0 aliphatic carbocycles. The number of fused-ring (bicyclic) bond motifs is 1. The van der Waals surface area contributed by atoms with Crippen LogP contribution in [0.3, 0.4) is 0 Å². The first-order valence-electron chi connectivity index (χ1n) is 5.86. The topological polar surface area (TPSA) is 39.0 Å². The summed E-state index contributed by atoms with van der Waals surface area (Å²) in [6, 6.07) is 6.24. The van der Waals surface area contributed by atoms with E-state index in [1.807, 2.05) is 20.2 Å². The fourth-order valence-corrected chi connectivity index (χ4v) is 2.25. The second kappa shape index (κ2) is 4.37. The quantitative estimate of drug-likeness (QED) is 0.865. The van der Waals surface area contributed by atoms with E-state index in [0.717, 1.165) is 17.6 Å². The fraction of sp³-hybridized carbons (Fsp3) is 0.462. The number of benzene rings is 1. The first kappa shape index (κ1) is 11.9. The third-order valence-electron chi connectivity index (χ3n) is 3.38. The molecule has 0 saturated heterocycles. The highest BCUT2D eigenvalue weighted by Gasteiger charge is 2.10. The highest BCUT2D eigenvalue weighted by molar-refractivity contribution is 5.77. The summed E-state index contributed by atoms with van der Waals surface area (Å²) in [6.45, 7) is 3.12. The van der Waals surface area contributed by atoms with E-state index in [-0.39, 0.29) is 5.69 Å². The van der Waals surface area contributed by atoms with Crippen molar-refractivity contribution in [3.8, 4) is 0 Å². The minimum atomic E-state index is 0.0263. The van der Waals surface area contributed by atoms with Gasteiger partial charge in [-0.3, -0.25) is 9.13 Å². The third kappa shape index (κ3) is 1.89. The predicted octanol–water partition coefficient (Wildman–Crippen LogP) is 1.20. The van der Waals surface area contributed by atoms with Gasteiger partial charge in [0.2, 0.25) is 0 Å². The molecule has 2 rings (SSSR count). The van der Waals surface area contributed by atoms with E-state index in [9.17, 15) is 4.79 Å². The molecule has 17 heavy (non-hydrogen) atoms. The lowest BCUT2D eigenvalue weighted by Crippen LogP contribution is -2.19. The molecule has 1 heterocycles. The zero-order valence-corrected chi connectivity index (χ0v) is 10.8. The molecule has 92 valence electrons. The standard InChI is InChI=1S/C13H19N3O/c1-9(8-14-2)10-5-6-11-12(7-10)16(4)13(17)15(11)3/h5-7,9,14H,8H2,1-4H3. The van der Waals surface area contributed by atoms with Gasteiger partial charge in [0, 0.05) is 20.6 Å². The third-order valence-corrected chi connectivity index (χ3v) is 3.38. The maximum Gasteiger partial charge on any atom is 0.328 e. The summed E-state index contributed by atoms with van der Waals surface area (Å²) in [5.41, 5.74) is 3.27. The molecule has 0 aliphatic heterocycles. The Labute approximate surface area is 101 Å². The molecular formula is C13H19N3O. The lowest BCUT2D eigenvalue weighted by Gasteiger charge is -2.11. The molecule has 1 unspecified atom stereocenters. The molecule has 0 spiro atoms. The zero-order valence-electron chi connectivity index (χ0n) is 10.8. The van der Waals surface area contributed by atoms with Gasteiger partial charge in [0.15, 0.2) is 0 Å². The van der Waals surface area contributed by atoms with Gasteiger partial charge in [0.25, 0.3) is 0 Å². The van der Waals surface area contributed by atoms with Crippen molar-refractivity contribution in [3.05, 3.63) is 34.2 Å². The first-order chi connectivity index (χ1) is 8.06. The Bertz CT molecular complexity index is 594.